The van der Waals surface area contributed by atoms with Crippen molar-refractivity contribution in [2.75, 3.05) is 11.1 Å². The molecule has 0 spiro atoms. The minimum absolute atomic E-state index is 0.511. The molecule has 0 atom stereocenters. The molecule has 2 nitrogen and oxygen atoms in total. The zero-order valence-corrected chi connectivity index (χ0v) is 12.9. The van der Waals surface area contributed by atoms with Crippen molar-refractivity contribution in [3.05, 3.63) is 12.4 Å². The molecule has 0 unspecified atom stereocenters. The predicted octanol–water partition coefficient (Wildman–Crippen LogP) is 4.25. The van der Waals surface area contributed by atoms with Crippen molar-refractivity contribution in [1.82, 2.24) is 9.78 Å². The van der Waals surface area contributed by atoms with Gasteiger partial charge in [-0.2, -0.15) is 5.10 Å². The van der Waals surface area contributed by atoms with Gasteiger partial charge in [0.25, 0.3) is 0 Å². The second-order valence-corrected chi connectivity index (χ2v) is 6.80. The maximum absolute atomic E-state index is 4.23. The van der Waals surface area contributed by atoms with Gasteiger partial charge in [0.1, 0.15) is 0 Å². The highest BCUT2D eigenvalue weighted by Crippen LogP contribution is 2.40. The average Bonchev–Trinajstić information content (AvgIpc) is 2.63. The highest BCUT2D eigenvalue weighted by Gasteiger charge is 2.29. The molecule has 1 aliphatic carbocycles. The summed E-state index contributed by atoms with van der Waals surface area (Å²) in [5, 5.41) is 5.38. The van der Waals surface area contributed by atoms with Crippen LogP contribution in [-0.4, -0.2) is 20.9 Å². The Labute approximate surface area is 117 Å². The molecule has 4 heteroatoms. The number of aromatic nitrogens is 2. The molecular formula is C13H21BrN2S. The van der Waals surface area contributed by atoms with E-state index in [1.54, 1.807) is 0 Å². The number of halogens is 1. The Morgan fingerprint density at radius 1 is 1.35 bits per heavy atom. The summed E-state index contributed by atoms with van der Waals surface area (Å²) in [6.45, 7) is 0. The summed E-state index contributed by atoms with van der Waals surface area (Å²) in [4.78, 5) is 1.30. The zero-order valence-electron chi connectivity index (χ0n) is 10.5. The molecular weight excluding hydrogens is 296 g/mol. The fourth-order valence-electron chi connectivity index (χ4n) is 2.50. The number of hydrogen-bond acceptors (Lipinski definition) is 2. The molecule has 0 aliphatic heterocycles. The Kier molecular flexibility index (Phi) is 4.97. The summed E-state index contributed by atoms with van der Waals surface area (Å²) in [7, 11) is 1.98. The van der Waals surface area contributed by atoms with Crippen molar-refractivity contribution < 1.29 is 0 Å². The lowest BCUT2D eigenvalue weighted by molar-refractivity contribution is 0.334. The lowest BCUT2D eigenvalue weighted by Gasteiger charge is -2.30. The first-order valence-corrected chi connectivity index (χ1v) is 8.52. The second kappa shape index (κ2) is 6.28. The van der Waals surface area contributed by atoms with E-state index >= 15 is 0 Å². The third kappa shape index (κ3) is 3.75. The topological polar surface area (TPSA) is 17.8 Å². The van der Waals surface area contributed by atoms with Crippen LogP contribution in [0.5, 0.6) is 0 Å². The Balaban J connectivity index is 1.93. The molecule has 0 aromatic carbocycles. The molecule has 96 valence electrons. The van der Waals surface area contributed by atoms with Crippen LogP contribution >= 0.6 is 27.7 Å². The number of rotatable bonds is 4. The highest BCUT2D eigenvalue weighted by atomic mass is 79.9. The minimum Gasteiger partial charge on any atom is -0.275 e. The van der Waals surface area contributed by atoms with Crippen LogP contribution in [0.3, 0.4) is 0 Å². The van der Waals surface area contributed by atoms with Gasteiger partial charge in [0, 0.05) is 29.2 Å². The fraction of sp³-hybridized carbons (Fsp3) is 0.769. The van der Waals surface area contributed by atoms with Gasteiger partial charge in [-0.1, -0.05) is 41.6 Å². The maximum atomic E-state index is 4.23. The zero-order chi connectivity index (χ0) is 12.1. The van der Waals surface area contributed by atoms with Gasteiger partial charge in [0.2, 0.25) is 0 Å². The van der Waals surface area contributed by atoms with Crippen LogP contribution in [0.4, 0.5) is 0 Å². The number of thioether (sulfide) groups is 1. The van der Waals surface area contributed by atoms with Crippen molar-refractivity contribution in [2.45, 2.75) is 43.4 Å². The molecule has 1 heterocycles. The summed E-state index contributed by atoms with van der Waals surface area (Å²) in [5.74, 6) is 1.23. The maximum Gasteiger partial charge on any atom is 0.0625 e. The molecule has 1 saturated carbocycles. The van der Waals surface area contributed by atoms with Crippen LogP contribution in [0.25, 0.3) is 0 Å². The Hall–Kier alpha value is 0.0400. The van der Waals surface area contributed by atoms with Crippen LogP contribution in [0.15, 0.2) is 17.3 Å². The summed E-state index contributed by atoms with van der Waals surface area (Å²) in [6, 6.07) is 0. The van der Waals surface area contributed by atoms with E-state index in [2.05, 4.69) is 27.2 Å². The molecule has 0 amide bonds. The lowest BCUT2D eigenvalue weighted by Crippen LogP contribution is -2.24. The van der Waals surface area contributed by atoms with Crippen LogP contribution in [0, 0.1) is 5.41 Å². The van der Waals surface area contributed by atoms with E-state index in [0.717, 1.165) is 5.33 Å². The lowest BCUT2D eigenvalue weighted by atomic mass is 9.85. The summed E-state index contributed by atoms with van der Waals surface area (Å²) < 4.78 is 1.89. The standard InChI is InChI=1S/C13H21BrN2S/c1-16-9-12(8-15-16)17-11-13(10-14)6-4-2-3-5-7-13/h8-9H,2-7,10-11H2,1H3. The molecule has 1 aromatic rings. The van der Waals surface area contributed by atoms with Gasteiger partial charge in [-0.15, -0.1) is 11.8 Å². The van der Waals surface area contributed by atoms with Crippen molar-refractivity contribution in [1.29, 1.82) is 0 Å². The first-order chi connectivity index (χ1) is 8.24. The van der Waals surface area contributed by atoms with Gasteiger partial charge < -0.3 is 0 Å². The Morgan fingerprint density at radius 3 is 2.59 bits per heavy atom. The van der Waals surface area contributed by atoms with E-state index in [-0.39, 0.29) is 0 Å². The van der Waals surface area contributed by atoms with Crippen LogP contribution < -0.4 is 0 Å². The van der Waals surface area contributed by atoms with Crippen molar-refractivity contribution in [3.63, 3.8) is 0 Å². The molecule has 0 radical (unpaired) electrons. The molecule has 17 heavy (non-hydrogen) atoms. The summed E-state index contributed by atoms with van der Waals surface area (Å²) in [6.07, 6.45) is 12.5. The Bertz CT molecular complexity index is 343. The van der Waals surface area contributed by atoms with E-state index in [0.29, 0.717) is 5.41 Å². The molecule has 0 saturated heterocycles. The van der Waals surface area contributed by atoms with Gasteiger partial charge in [-0.3, -0.25) is 4.68 Å². The van der Waals surface area contributed by atoms with E-state index in [1.165, 1.54) is 49.2 Å². The van der Waals surface area contributed by atoms with Gasteiger partial charge in [-0.25, -0.2) is 0 Å². The normalized spacial score (nSPS) is 20.1. The van der Waals surface area contributed by atoms with Gasteiger partial charge in [-0.05, 0) is 18.3 Å². The monoisotopic (exact) mass is 316 g/mol. The van der Waals surface area contributed by atoms with Crippen LogP contribution in [0.1, 0.15) is 38.5 Å². The molecule has 0 bridgehead atoms. The summed E-state index contributed by atoms with van der Waals surface area (Å²) in [5.41, 5.74) is 0.511. The van der Waals surface area contributed by atoms with E-state index in [1.807, 2.05) is 29.7 Å². The van der Waals surface area contributed by atoms with Crippen LogP contribution in [0.2, 0.25) is 0 Å². The van der Waals surface area contributed by atoms with E-state index in [4.69, 9.17) is 0 Å². The number of alkyl halides is 1. The Morgan fingerprint density at radius 2 is 2.06 bits per heavy atom. The molecule has 0 N–H and O–H groups in total. The number of hydrogen-bond donors (Lipinski definition) is 0. The number of aryl methyl sites for hydroxylation is 1. The number of nitrogens with zero attached hydrogens (tertiary/aromatic N) is 2. The largest absolute Gasteiger partial charge is 0.275 e. The average molecular weight is 317 g/mol. The smallest absolute Gasteiger partial charge is 0.0625 e. The minimum atomic E-state index is 0.511. The first kappa shape index (κ1) is 13.5. The molecule has 2 rings (SSSR count). The van der Waals surface area contributed by atoms with Crippen molar-refractivity contribution in [3.8, 4) is 0 Å². The van der Waals surface area contributed by atoms with Gasteiger partial charge in [0.05, 0.1) is 6.20 Å². The molecule has 1 aromatic heterocycles. The first-order valence-electron chi connectivity index (χ1n) is 6.42. The fourth-order valence-corrected chi connectivity index (χ4v) is 4.74. The second-order valence-electron chi connectivity index (χ2n) is 5.19. The predicted molar refractivity (Wildman–Crippen MR) is 77.9 cm³/mol. The molecule has 1 fully saturated rings. The third-order valence-corrected chi connectivity index (χ3v) is 6.16. The summed E-state index contributed by atoms with van der Waals surface area (Å²) >= 11 is 5.71. The van der Waals surface area contributed by atoms with Crippen molar-refractivity contribution >= 4 is 27.7 Å². The highest BCUT2D eigenvalue weighted by molar-refractivity contribution is 9.09. The van der Waals surface area contributed by atoms with E-state index < -0.39 is 0 Å². The van der Waals surface area contributed by atoms with Gasteiger partial charge >= 0.3 is 0 Å². The quantitative estimate of drug-likeness (QED) is 0.469. The van der Waals surface area contributed by atoms with Crippen molar-refractivity contribution in [2.24, 2.45) is 12.5 Å². The third-order valence-electron chi connectivity index (χ3n) is 3.67. The molecule has 1 aliphatic rings. The van der Waals surface area contributed by atoms with E-state index in [9.17, 15) is 0 Å². The SMILES string of the molecule is Cn1cc(SCC2(CBr)CCCCCC2)cn1. The van der Waals surface area contributed by atoms with Gasteiger partial charge in [0.15, 0.2) is 0 Å². The van der Waals surface area contributed by atoms with Crippen LogP contribution in [-0.2, 0) is 7.05 Å².